The van der Waals surface area contributed by atoms with Gasteiger partial charge in [-0.1, -0.05) is 30.3 Å². The van der Waals surface area contributed by atoms with Crippen molar-refractivity contribution < 1.29 is 0 Å². The van der Waals surface area contributed by atoms with Gasteiger partial charge in [-0.3, -0.25) is 0 Å². The predicted octanol–water partition coefficient (Wildman–Crippen LogP) is 2.46. The summed E-state index contributed by atoms with van der Waals surface area (Å²) in [5.41, 5.74) is 12.9. The van der Waals surface area contributed by atoms with Gasteiger partial charge in [-0.25, -0.2) is 5.84 Å². The fraction of sp³-hybridized carbons (Fsp3) is 0.0556. The molecule has 0 spiro atoms. The molecule has 3 aromatic rings. The van der Waals surface area contributed by atoms with Crippen LogP contribution >= 0.6 is 0 Å². The largest absolute Gasteiger partial charge is 0.396 e. The molecule has 23 heavy (non-hydrogen) atoms. The summed E-state index contributed by atoms with van der Waals surface area (Å²) >= 11 is 0. The van der Waals surface area contributed by atoms with E-state index < -0.39 is 0 Å². The molecule has 0 fully saturated rings. The summed E-state index contributed by atoms with van der Waals surface area (Å²) in [6.45, 7) is 0. The summed E-state index contributed by atoms with van der Waals surface area (Å²) in [7, 11) is 2.03. The number of hydrogen-bond donors (Lipinski definition) is 3. The number of hydrazine groups is 1. The molecule has 3 rings (SSSR count). The van der Waals surface area contributed by atoms with E-state index in [1.807, 2.05) is 43.6 Å². The minimum Gasteiger partial charge on any atom is -0.396 e. The van der Waals surface area contributed by atoms with Gasteiger partial charge in [0.05, 0.1) is 5.70 Å². The Morgan fingerprint density at radius 2 is 1.78 bits per heavy atom. The van der Waals surface area contributed by atoms with Gasteiger partial charge in [-0.15, -0.1) is 0 Å². The lowest BCUT2D eigenvalue weighted by Crippen LogP contribution is -2.23. The fourth-order valence-electron chi connectivity index (χ4n) is 2.62. The lowest BCUT2D eigenvalue weighted by molar-refractivity contribution is 0.920. The van der Waals surface area contributed by atoms with Crippen LogP contribution in [0.5, 0.6) is 0 Å². The van der Waals surface area contributed by atoms with Crippen molar-refractivity contribution >= 4 is 16.6 Å². The molecular formula is C18H17N5. The highest BCUT2D eigenvalue weighted by Gasteiger charge is 2.06. The van der Waals surface area contributed by atoms with Crippen LogP contribution in [0.15, 0.2) is 60.4 Å². The standard InChI is InChI=1S/C18H17N5/c1-23-9-8-15-10-14(6-7-17(15)23)12-2-4-13(5-3-12)18(20)16(11-19)22-21/h2-10,22H,20-21H2,1H3/b18-16-. The van der Waals surface area contributed by atoms with Crippen molar-refractivity contribution in [1.82, 2.24) is 9.99 Å². The number of fused-ring (bicyclic) bond motifs is 1. The van der Waals surface area contributed by atoms with Crippen LogP contribution in [0.25, 0.3) is 27.7 Å². The van der Waals surface area contributed by atoms with Crippen LogP contribution in [0.3, 0.4) is 0 Å². The molecule has 0 saturated heterocycles. The number of nitriles is 1. The lowest BCUT2D eigenvalue weighted by Gasteiger charge is -2.07. The first-order chi connectivity index (χ1) is 11.1. The minimum absolute atomic E-state index is 0.156. The Morgan fingerprint density at radius 1 is 1.09 bits per heavy atom. The Hall–Kier alpha value is -3.23. The van der Waals surface area contributed by atoms with E-state index in [2.05, 4.69) is 34.3 Å². The molecule has 0 unspecified atom stereocenters. The Kier molecular flexibility index (Phi) is 3.75. The van der Waals surface area contributed by atoms with Crippen molar-refractivity contribution in [3.8, 4) is 17.2 Å². The van der Waals surface area contributed by atoms with Crippen LogP contribution in [-0.2, 0) is 7.05 Å². The van der Waals surface area contributed by atoms with Gasteiger partial charge in [0.15, 0.2) is 5.70 Å². The maximum absolute atomic E-state index is 8.96. The van der Waals surface area contributed by atoms with E-state index in [-0.39, 0.29) is 5.70 Å². The monoisotopic (exact) mass is 303 g/mol. The molecule has 2 aromatic carbocycles. The molecule has 0 aliphatic heterocycles. The van der Waals surface area contributed by atoms with Crippen molar-refractivity contribution in [3.63, 3.8) is 0 Å². The van der Waals surface area contributed by atoms with Crippen molar-refractivity contribution in [2.75, 3.05) is 0 Å². The summed E-state index contributed by atoms with van der Waals surface area (Å²) in [4.78, 5) is 0. The molecule has 5 heteroatoms. The van der Waals surface area contributed by atoms with E-state index >= 15 is 0 Å². The molecule has 0 radical (unpaired) electrons. The number of nitrogens with two attached hydrogens (primary N) is 2. The van der Waals surface area contributed by atoms with E-state index in [0.717, 1.165) is 16.7 Å². The smallest absolute Gasteiger partial charge is 0.151 e. The highest BCUT2D eigenvalue weighted by Crippen LogP contribution is 2.26. The second kappa shape index (κ2) is 5.87. The van der Waals surface area contributed by atoms with E-state index in [4.69, 9.17) is 16.8 Å². The van der Waals surface area contributed by atoms with Gasteiger partial charge >= 0.3 is 0 Å². The van der Waals surface area contributed by atoms with Crippen LogP contribution in [0.4, 0.5) is 0 Å². The van der Waals surface area contributed by atoms with Gasteiger partial charge in [0.2, 0.25) is 0 Å². The number of benzene rings is 2. The van der Waals surface area contributed by atoms with Gasteiger partial charge in [0.1, 0.15) is 6.07 Å². The Balaban J connectivity index is 1.98. The first-order valence-corrected chi connectivity index (χ1v) is 7.16. The fourth-order valence-corrected chi connectivity index (χ4v) is 2.62. The van der Waals surface area contributed by atoms with Crippen molar-refractivity contribution in [3.05, 3.63) is 66.0 Å². The third-order valence-electron chi connectivity index (χ3n) is 3.94. The van der Waals surface area contributed by atoms with Gasteiger partial charge < -0.3 is 15.7 Å². The number of hydrogen-bond acceptors (Lipinski definition) is 4. The van der Waals surface area contributed by atoms with Crippen molar-refractivity contribution in [1.29, 1.82) is 5.26 Å². The van der Waals surface area contributed by atoms with E-state index in [1.165, 1.54) is 10.9 Å². The number of aryl methyl sites for hydroxylation is 1. The summed E-state index contributed by atoms with van der Waals surface area (Å²) in [5, 5.41) is 10.2. The van der Waals surface area contributed by atoms with Crippen molar-refractivity contribution in [2.45, 2.75) is 0 Å². The van der Waals surface area contributed by atoms with Gasteiger partial charge in [0.25, 0.3) is 0 Å². The van der Waals surface area contributed by atoms with Crippen LogP contribution in [0, 0.1) is 11.3 Å². The van der Waals surface area contributed by atoms with Gasteiger partial charge in [-0.05, 0) is 29.3 Å². The zero-order valence-electron chi connectivity index (χ0n) is 12.7. The molecule has 1 heterocycles. The first kappa shape index (κ1) is 14.7. The number of nitrogens with one attached hydrogen (secondary N) is 1. The molecule has 0 aliphatic rings. The van der Waals surface area contributed by atoms with E-state index in [9.17, 15) is 0 Å². The van der Waals surface area contributed by atoms with Crippen molar-refractivity contribution in [2.24, 2.45) is 18.6 Å². The summed E-state index contributed by atoms with van der Waals surface area (Å²) in [6.07, 6.45) is 2.05. The van der Waals surface area contributed by atoms with Crippen LogP contribution in [0.1, 0.15) is 5.56 Å². The molecule has 0 aliphatic carbocycles. The highest BCUT2D eigenvalue weighted by molar-refractivity contribution is 5.86. The molecule has 0 saturated carbocycles. The number of aromatic nitrogens is 1. The van der Waals surface area contributed by atoms with Gasteiger partial charge in [-0.2, -0.15) is 5.26 Å². The maximum Gasteiger partial charge on any atom is 0.151 e. The van der Waals surface area contributed by atoms with Crippen LogP contribution in [0.2, 0.25) is 0 Å². The quantitative estimate of drug-likeness (QED) is 0.393. The zero-order valence-corrected chi connectivity index (χ0v) is 12.7. The molecule has 0 bridgehead atoms. The average Bonchev–Trinajstić information content (AvgIpc) is 2.96. The highest BCUT2D eigenvalue weighted by atomic mass is 15.2. The molecule has 1 aromatic heterocycles. The summed E-state index contributed by atoms with van der Waals surface area (Å²) in [6, 6.07) is 18.1. The lowest BCUT2D eigenvalue weighted by atomic mass is 10.0. The third-order valence-corrected chi connectivity index (χ3v) is 3.94. The summed E-state index contributed by atoms with van der Waals surface area (Å²) < 4.78 is 2.09. The molecular weight excluding hydrogens is 286 g/mol. The van der Waals surface area contributed by atoms with Gasteiger partial charge in [0, 0.05) is 29.7 Å². The Labute approximate surface area is 134 Å². The van der Waals surface area contributed by atoms with E-state index in [1.54, 1.807) is 0 Å². The van der Waals surface area contributed by atoms with Crippen LogP contribution < -0.4 is 17.0 Å². The molecule has 5 N–H and O–H groups in total. The minimum atomic E-state index is 0.156. The SMILES string of the molecule is Cn1ccc2cc(-c3ccc(/C(N)=C(\C#N)NN)cc3)ccc21. The molecule has 5 nitrogen and oxygen atoms in total. The number of rotatable bonds is 3. The Bertz CT molecular complexity index is 926. The first-order valence-electron chi connectivity index (χ1n) is 7.16. The van der Waals surface area contributed by atoms with Crippen LogP contribution in [-0.4, -0.2) is 4.57 Å². The Morgan fingerprint density at radius 3 is 2.43 bits per heavy atom. The topological polar surface area (TPSA) is 92.8 Å². The zero-order chi connectivity index (χ0) is 16.4. The second-order valence-corrected chi connectivity index (χ2v) is 5.32. The van der Waals surface area contributed by atoms with E-state index in [0.29, 0.717) is 5.70 Å². The summed E-state index contributed by atoms with van der Waals surface area (Å²) in [5.74, 6) is 5.28. The molecule has 114 valence electrons. The maximum atomic E-state index is 8.96. The normalized spacial score (nSPS) is 11.9. The number of nitrogens with zero attached hydrogens (tertiary/aromatic N) is 2. The third kappa shape index (κ3) is 2.63. The second-order valence-electron chi connectivity index (χ2n) is 5.32. The molecule has 0 atom stereocenters. The average molecular weight is 303 g/mol. The molecule has 0 amide bonds. The predicted molar refractivity (Wildman–Crippen MR) is 92.4 cm³/mol. The number of allylic oxidation sites excluding steroid dienone is 1.